The molecule has 3 heterocycles. The van der Waals surface area contributed by atoms with E-state index in [1.807, 2.05) is 18.2 Å². The second kappa shape index (κ2) is 7.66. The van der Waals surface area contributed by atoms with E-state index in [1.54, 1.807) is 13.1 Å². The van der Waals surface area contributed by atoms with Gasteiger partial charge in [-0.1, -0.05) is 16.9 Å². The van der Waals surface area contributed by atoms with E-state index in [-0.39, 0.29) is 12.4 Å². The first-order valence-corrected chi connectivity index (χ1v) is 9.04. The Bertz CT molecular complexity index is 956. The lowest BCUT2D eigenvalue weighted by Gasteiger charge is -2.18. The van der Waals surface area contributed by atoms with Crippen molar-refractivity contribution in [3.63, 3.8) is 0 Å². The number of esters is 1. The second-order valence-corrected chi connectivity index (χ2v) is 6.52. The Balaban J connectivity index is 1.33. The lowest BCUT2D eigenvalue weighted by atomic mass is 10.1. The van der Waals surface area contributed by atoms with Crippen molar-refractivity contribution in [1.29, 1.82) is 0 Å². The number of ether oxygens (including phenoxy) is 3. The molecule has 0 saturated carbocycles. The Kier molecular flexibility index (Phi) is 4.92. The van der Waals surface area contributed by atoms with Crippen LogP contribution in [0, 0.1) is 0 Å². The predicted molar refractivity (Wildman–Crippen MR) is 92.2 cm³/mol. The van der Waals surface area contributed by atoms with Crippen LogP contribution in [0.15, 0.2) is 33.9 Å². The normalized spacial score (nSPS) is 12.8. The van der Waals surface area contributed by atoms with E-state index in [2.05, 4.69) is 20.7 Å². The lowest BCUT2D eigenvalue weighted by molar-refractivity contribution is -0.141. The van der Waals surface area contributed by atoms with Crippen molar-refractivity contribution < 1.29 is 23.5 Å². The molecule has 27 heavy (non-hydrogen) atoms. The van der Waals surface area contributed by atoms with Crippen molar-refractivity contribution in [2.45, 2.75) is 11.8 Å². The van der Waals surface area contributed by atoms with Crippen molar-refractivity contribution in [3.05, 3.63) is 30.0 Å². The summed E-state index contributed by atoms with van der Waals surface area (Å²) in [4.78, 5) is 11.9. The van der Waals surface area contributed by atoms with E-state index >= 15 is 0 Å². The Morgan fingerprint density at radius 3 is 2.93 bits per heavy atom. The summed E-state index contributed by atoms with van der Waals surface area (Å²) in [7, 11) is 1.70. The molecule has 0 atom stereocenters. The molecule has 0 unspecified atom stereocenters. The molecule has 1 aliphatic rings. The number of benzene rings is 1. The van der Waals surface area contributed by atoms with E-state index in [9.17, 15) is 4.79 Å². The minimum Gasteiger partial charge on any atom is -0.486 e. The first-order chi connectivity index (χ1) is 13.2. The quantitative estimate of drug-likeness (QED) is 0.453. The molecular formula is C16H15N5O5S. The van der Waals surface area contributed by atoms with Crippen molar-refractivity contribution in [1.82, 2.24) is 25.4 Å². The van der Waals surface area contributed by atoms with Gasteiger partial charge < -0.3 is 18.7 Å². The topological polar surface area (TPSA) is 114 Å². The van der Waals surface area contributed by atoms with Gasteiger partial charge in [0.05, 0.1) is 5.75 Å². The predicted octanol–water partition coefficient (Wildman–Crippen LogP) is 1.47. The highest BCUT2D eigenvalue weighted by Crippen LogP contribution is 2.34. The Morgan fingerprint density at radius 2 is 2.11 bits per heavy atom. The van der Waals surface area contributed by atoms with Crippen LogP contribution in [0.5, 0.6) is 11.5 Å². The van der Waals surface area contributed by atoms with Gasteiger partial charge in [-0.15, -0.1) is 5.10 Å². The summed E-state index contributed by atoms with van der Waals surface area (Å²) >= 11 is 1.19. The van der Waals surface area contributed by atoms with Gasteiger partial charge in [0.2, 0.25) is 5.16 Å². The molecule has 0 spiro atoms. The van der Waals surface area contributed by atoms with E-state index < -0.39 is 5.97 Å². The maximum Gasteiger partial charge on any atom is 0.316 e. The van der Waals surface area contributed by atoms with Crippen LogP contribution in [0.25, 0.3) is 11.3 Å². The Hall–Kier alpha value is -3.08. The molecular weight excluding hydrogens is 374 g/mol. The average Bonchev–Trinajstić information content (AvgIpc) is 3.33. The lowest BCUT2D eigenvalue weighted by Crippen LogP contribution is -2.15. The standard InChI is InChI=1S/C16H15N5O5S/c1-21-16(17-19-20-21)27-9-15(22)25-8-11-7-13(26-18-11)10-2-3-12-14(6-10)24-5-4-23-12/h2-3,6-7H,4-5,8-9H2,1H3. The van der Waals surface area contributed by atoms with Crippen LogP contribution >= 0.6 is 11.8 Å². The number of nitrogens with zero attached hydrogens (tertiary/aromatic N) is 5. The zero-order chi connectivity index (χ0) is 18.6. The molecule has 0 fully saturated rings. The summed E-state index contributed by atoms with van der Waals surface area (Å²) in [5.41, 5.74) is 1.31. The van der Waals surface area contributed by atoms with Gasteiger partial charge in [-0.2, -0.15) is 0 Å². The highest BCUT2D eigenvalue weighted by molar-refractivity contribution is 7.99. The fraction of sp³-hybridized carbons (Fsp3) is 0.312. The second-order valence-electron chi connectivity index (χ2n) is 5.58. The van der Waals surface area contributed by atoms with Gasteiger partial charge in [-0.3, -0.25) is 4.79 Å². The van der Waals surface area contributed by atoms with Gasteiger partial charge in [-0.25, -0.2) is 4.68 Å². The van der Waals surface area contributed by atoms with Crippen LogP contribution in [0.1, 0.15) is 5.69 Å². The molecule has 0 amide bonds. The van der Waals surface area contributed by atoms with E-state index in [1.165, 1.54) is 16.4 Å². The van der Waals surface area contributed by atoms with Gasteiger partial charge in [0.1, 0.15) is 25.5 Å². The molecule has 11 heteroatoms. The van der Waals surface area contributed by atoms with Crippen LogP contribution in [0.3, 0.4) is 0 Å². The molecule has 140 valence electrons. The average molecular weight is 389 g/mol. The van der Waals surface area contributed by atoms with Gasteiger partial charge in [0, 0.05) is 18.7 Å². The van der Waals surface area contributed by atoms with Gasteiger partial charge >= 0.3 is 5.97 Å². The molecule has 3 aromatic rings. The monoisotopic (exact) mass is 389 g/mol. The van der Waals surface area contributed by atoms with Crippen molar-refractivity contribution in [2.24, 2.45) is 7.05 Å². The first-order valence-electron chi connectivity index (χ1n) is 8.05. The number of hydrogen-bond donors (Lipinski definition) is 0. The third-order valence-electron chi connectivity index (χ3n) is 3.67. The summed E-state index contributed by atoms with van der Waals surface area (Å²) < 4.78 is 23.1. The number of tetrazole rings is 1. The van der Waals surface area contributed by atoms with Crippen molar-refractivity contribution in [3.8, 4) is 22.8 Å². The van der Waals surface area contributed by atoms with Crippen LogP contribution in [0.2, 0.25) is 0 Å². The van der Waals surface area contributed by atoms with E-state index in [0.717, 1.165) is 5.56 Å². The smallest absolute Gasteiger partial charge is 0.316 e. The van der Waals surface area contributed by atoms with E-state index in [4.69, 9.17) is 18.7 Å². The summed E-state index contributed by atoms with van der Waals surface area (Å²) in [5.74, 6) is 1.62. The molecule has 0 aliphatic carbocycles. The van der Waals surface area contributed by atoms with Gasteiger partial charge in [0.15, 0.2) is 17.3 Å². The third kappa shape index (κ3) is 4.03. The fourth-order valence-corrected chi connectivity index (χ4v) is 3.02. The molecule has 0 saturated heterocycles. The molecule has 10 nitrogen and oxygen atoms in total. The zero-order valence-corrected chi connectivity index (χ0v) is 15.1. The highest BCUT2D eigenvalue weighted by atomic mass is 32.2. The Morgan fingerprint density at radius 1 is 1.26 bits per heavy atom. The molecule has 4 rings (SSSR count). The molecule has 1 aromatic carbocycles. The highest BCUT2D eigenvalue weighted by Gasteiger charge is 2.15. The number of thioether (sulfide) groups is 1. The SMILES string of the molecule is Cn1nnnc1SCC(=O)OCc1cc(-c2ccc3c(c2)OCCO3)on1. The molecule has 0 N–H and O–H groups in total. The summed E-state index contributed by atoms with van der Waals surface area (Å²) in [5, 5.41) is 15.4. The van der Waals surface area contributed by atoms with Crippen LogP contribution in [-0.2, 0) is 23.2 Å². The van der Waals surface area contributed by atoms with Crippen LogP contribution in [-0.4, -0.2) is 50.3 Å². The molecule has 1 aliphatic heterocycles. The number of fused-ring (bicyclic) bond motifs is 1. The van der Waals surface area contributed by atoms with Crippen LogP contribution < -0.4 is 9.47 Å². The van der Waals surface area contributed by atoms with Crippen molar-refractivity contribution >= 4 is 17.7 Å². The third-order valence-corrected chi connectivity index (χ3v) is 4.65. The van der Waals surface area contributed by atoms with Gasteiger partial charge in [0.25, 0.3) is 0 Å². The Labute approximate surface area is 157 Å². The van der Waals surface area contributed by atoms with Crippen LogP contribution in [0.4, 0.5) is 0 Å². The van der Waals surface area contributed by atoms with Gasteiger partial charge in [-0.05, 0) is 28.6 Å². The fourth-order valence-electron chi connectivity index (χ4n) is 2.38. The molecule has 2 aromatic heterocycles. The number of carbonyl (C=O) groups excluding carboxylic acids is 1. The maximum atomic E-state index is 11.9. The maximum absolute atomic E-state index is 11.9. The number of carbonyl (C=O) groups is 1. The largest absolute Gasteiger partial charge is 0.486 e. The number of aromatic nitrogens is 5. The number of aryl methyl sites for hydroxylation is 1. The minimum absolute atomic E-state index is 0.0184. The summed E-state index contributed by atoms with van der Waals surface area (Å²) in [6, 6.07) is 7.23. The number of hydrogen-bond acceptors (Lipinski definition) is 10. The molecule has 0 radical (unpaired) electrons. The molecule has 0 bridgehead atoms. The summed E-state index contributed by atoms with van der Waals surface area (Å²) in [6.07, 6.45) is 0. The van der Waals surface area contributed by atoms with E-state index in [0.29, 0.717) is 41.3 Å². The number of rotatable bonds is 6. The van der Waals surface area contributed by atoms with Crippen molar-refractivity contribution in [2.75, 3.05) is 19.0 Å². The summed E-state index contributed by atoms with van der Waals surface area (Å²) in [6.45, 7) is 1.07. The zero-order valence-electron chi connectivity index (χ0n) is 14.3. The minimum atomic E-state index is -0.396. The first kappa shape index (κ1) is 17.3.